The van der Waals surface area contributed by atoms with Gasteiger partial charge in [0.25, 0.3) is 0 Å². The first-order chi connectivity index (χ1) is 12.0. The molecule has 6 heteroatoms. The number of amides is 2. The zero-order chi connectivity index (χ0) is 17.8. The molecule has 1 aliphatic rings. The average Bonchev–Trinajstić information content (AvgIpc) is 3.08. The van der Waals surface area contributed by atoms with Crippen LogP contribution in [-0.2, 0) is 16.0 Å². The van der Waals surface area contributed by atoms with Crippen molar-refractivity contribution < 1.29 is 9.59 Å². The maximum Gasteiger partial charge on any atom is 0.222 e. The van der Waals surface area contributed by atoms with E-state index in [-0.39, 0.29) is 17.7 Å². The van der Waals surface area contributed by atoms with Crippen LogP contribution in [0, 0.1) is 5.92 Å². The number of piperazine rings is 1. The number of aromatic amines is 1. The van der Waals surface area contributed by atoms with Crippen molar-refractivity contribution in [3.63, 3.8) is 0 Å². The molecule has 1 aliphatic heterocycles. The van der Waals surface area contributed by atoms with Gasteiger partial charge in [-0.25, -0.2) is 0 Å². The number of primary amides is 1. The standard InChI is InChI=1S/C19H26N4O2/c1-14(19(20)25)13-22-8-10-23(11-9-22)18(24)5-3-15-2-4-17-16(12-15)6-7-21-17/h2,4,6-7,12,14,21H,3,5,8-11,13H2,1H3,(H2,20,25). The summed E-state index contributed by atoms with van der Waals surface area (Å²) in [7, 11) is 0. The zero-order valence-electron chi connectivity index (χ0n) is 14.7. The average molecular weight is 342 g/mol. The fourth-order valence-electron chi connectivity index (χ4n) is 3.32. The van der Waals surface area contributed by atoms with Crippen LogP contribution < -0.4 is 5.73 Å². The highest BCUT2D eigenvalue weighted by atomic mass is 16.2. The molecule has 0 spiro atoms. The minimum atomic E-state index is -0.266. The topological polar surface area (TPSA) is 82.4 Å². The molecule has 2 heterocycles. The van der Waals surface area contributed by atoms with Gasteiger partial charge in [0.1, 0.15) is 0 Å². The highest BCUT2D eigenvalue weighted by Gasteiger charge is 2.23. The van der Waals surface area contributed by atoms with Crippen LogP contribution >= 0.6 is 0 Å². The lowest BCUT2D eigenvalue weighted by atomic mass is 10.1. The van der Waals surface area contributed by atoms with Crippen LogP contribution in [0.1, 0.15) is 18.9 Å². The van der Waals surface area contributed by atoms with Gasteiger partial charge in [0.2, 0.25) is 11.8 Å². The lowest BCUT2D eigenvalue weighted by molar-refractivity contribution is -0.133. The van der Waals surface area contributed by atoms with E-state index in [0.717, 1.165) is 38.1 Å². The number of benzene rings is 1. The molecular formula is C19H26N4O2. The van der Waals surface area contributed by atoms with Crippen LogP contribution in [0.15, 0.2) is 30.5 Å². The molecule has 134 valence electrons. The molecule has 3 N–H and O–H groups in total. The van der Waals surface area contributed by atoms with Crippen molar-refractivity contribution in [1.82, 2.24) is 14.8 Å². The van der Waals surface area contributed by atoms with Crippen molar-refractivity contribution in [3.8, 4) is 0 Å². The van der Waals surface area contributed by atoms with Crippen molar-refractivity contribution in [2.75, 3.05) is 32.7 Å². The van der Waals surface area contributed by atoms with E-state index < -0.39 is 0 Å². The summed E-state index contributed by atoms with van der Waals surface area (Å²) in [5, 5.41) is 1.18. The van der Waals surface area contributed by atoms with Crippen molar-refractivity contribution in [1.29, 1.82) is 0 Å². The van der Waals surface area contributed by atoms with Gasteiger partial charge < -0.3 is 15.6 Å². The molecular weight excluding hydrogens is 316 g/mol. The van der Waals surface area contributed by atoms with Crippen LogP contribution in [0.2, 0.25) is 0 Å². The van der Waals surface area contributed by atoms with Crippen molar-refractivity contribution in [2.45, 2.75) is 19.8 Å². The van der Waals surface area contributed by atoms with E-state index >= 15 is 0 Å². The van der Waals surface area contributed by atoms with Gasteiger partial charge in [-0.15, -0.1) is 0 Å². The van der Waals surface area contributed by atoms with Gasteiger partial charge in [0.05, 0.1) is 0 Å². The van der Waals surface area contributed by atoms with Gasteiger partial charge in [0.15, 0.2) is 0 Å². The summed E-state index contributed by atoms with van der Waals surface area (Å²) in [4.78, 5) is 30.9. The third kappa shape index (κ3) is 4.39. The maximum absolute atomic E-state index is 12.4. The number of carbonyl (C=O) groups is 2. The highest BCUT2D eigenvalue weighted by molar-refractivity contribution is 5.80. The normalized spacial score (nSPS) is 16.9. The lowest BCUT2D eigenvalue weighted by Gasteiger charge is -2.35. The summed E-state index contributed by atoms with van der Waals surface area (Å²) < 4.78 is 0. The molecule has 1 unspecified atom stereocenters. The third-order valence-electron chi connectivity index (χ3n) is 4.99. The van der Waals surface area contributed by atoms with Gasteiger partial charge in [-0.05, 0) is 35.6 Å². The number of fused-ring (bicyclic) bond motifs is 1. The number of nitrogens with two attached hydrogens (primary N) is 1. The molecule has 0 aliphatic carbocycles. The van der Waals surface area contributed by atoms with Gasteiger partial charge in [-0.2, -0.15) is 0 Å². The number of hydrogen-bond donors (Lipinski definition) is 2. The van der Waals surface area contributed by atoms with Crippen LogP contribution in [0.4, 0.5) is 0 Å². The fourth-order valence-corrected chi connectivity index (χ4v) is 3.32. The molecule has 6 nitrogen and oxygen atoms in total. The SMILES string of the molecule is CC(CN1CCN(C(=O)CCc2ccc3[nH]ccc3c2)CC1)C(N)=O. The number of aromatic nitrogens is 1. The first kappa shape index (κ1) is 17.5. The Morgan fingerprint density at radius 1 is 1.20 bits per heavy atom. The number of H-pyrrole nitrogens is 1. The summed E-state index contributed by atoms with van der Waals surface area (Å²) in [6.07, 6.45) is 3.23. The molecule has 1 saturated heterocycles. The molecule has 25 heavy (non-hydrogen) atoms. The number of carbonyl (C=O) groups excluding carboxylic acids is 2. The highest BCUT2D eigenvalue weighted by Crippen LogP contribution is 2.16. The number of hydrogen-bond acceptors (Lipinski definition) is 3. The van der Waals surface area contributed by atoms with E-state index in [1.807, 2.05) is 24.1 Å². The van der Waals surface area contributed by atoms with Crippen molar-refractivity contribution in [3.05, 3.63) is 36.0 Å². The maximum atomic E-state index is 12.4. The Morgan fingerprint density at radius 3 is 2.68 bits per heavy atom. The summed E-state index contributed by atoms with van der Waals surface area (Å²) >= 11 is 0. The Labute approximate surface area is 148 Å². The molecule has 1 aromatic heterocycles. The minimum absolute atomic E-state index is 0.148. The smallest absolute Gasteiger partial charge is 0.222 e. The molecule has 2 aromatic rings. The molecule has 1 fully saturated rings. The van der Waals surface area contributed by atoms with E-state index in [0.29, 0.717) is 13.0 Å². The van der Waals surface area contributed by atoms with E-state index in [9.17, 15) is 9.59 Å². The predicted octanol–water partition coefficient (Wildman–Crippen LogP) is 1.37. The second-order valence-corrected chi connectivity index (χ2v) is 6.88. The van der Waals surface area contributed by atoms with E-state index in [2.05, 4.69) is 28.1 Å². The van der Waals surface area contributed by atoms with E-state index in [1.54, 1.807) is 0 Å². The molecule has 1 atom stereocenters. The summed E-state index contributed by atoms with van der Waals surface area (Å²) in [5.41, 5.74) is 7.63. The number of rotatable bonds is 6. The Bertz CT molecular complexity index is 747. The molecule has 3 rings (SSSR count). The quantitative estimate of drug-likeness (QED) is 0.832. The van der Waals surface area contributed by atoms with E-state index in [1.165, 1.54) is 10.9 Å². The Balaban J connectivity index is 1.45. The number of nitrogens with zero attached hydrogens (tertiary/aromatic N) is 2. The predicted molar refractivity (Wildman–Crippen MR) is 98.0 cm³/mol. The second-order valence-electron chi connectivity index (χ2n) is 6.88. The summed E-state index contributed by atoms with van der Waals surface area (Å²) in [5.74, 6) is -0.208. The lowest BCUT2D eigenvalue weighted by Crippen LogP contribution is -2.50. The van der Waals surface area contributed by atoms with Crippen LogP contribution in [0.3, 0.4) is 0 Å². The van der Waals surface area contributed by atoms with E-state index in [4.69, 9.17) is 5.73 Å². The van der Waals surface area contributed by atoms with Gasteiger partial charge in [0, 0.05) is 56.8 Å². The molecule has 2 amide bonds. The number of nitrogens with one attached hydrogen (secondary N) is 1. The summed E-state index contributed by atoms with van der Waals surface area (Å²) in [6.45, 7) is 5.58. The van der Waals surface area contributed by atoms with Crippen LogP contribution in [-0.4, -0.2) is 59.3 Å². The molecule has 0 radical (unpaired) electrons. The zero-order valence-corrected chi connectivity index (χ0v) is 14.7. The Morgan fingerprint density at radius 2 is 1.96 bits per heavy atom. The fraction of sp³-hybridized carbons (Fsp3) is 0.474. The van der Waals surface area contributed by atoms with Crippen molar-refractivity contribution in [2.24, 2.45) is 11.7 Å². The third-order valence-corrected chi connectivity index (χ3v) is 4.99. The van der Waals surface area contributed by atoms with Gasteiger partial charge in [-0.1, -0.05) is 13.0 Å². The van der Waals surface area contributed by atoms with Crippen LogP contribution in [0.25, 0.3) is 10.9 Å². The Kier molecular flexibility index (Phi) is 5.38. The van der Waals surface area contributed by atoms with Crippen molar-refractivity contribution >= 4 is 22.7 Å². The Hall–Kier alpha value is -2.34. The first-order valence-corrected chi connectivity index (χ1v) is 8.88. The van der Waals surface area contributed by atoms with Gasteiger partial charge >= 0.3 is 0 Å². The largest absolute Gasteiger partial charge is 0.369 e. The van der Waals surface area contributed by atoms with Gasteiger partial charge in [-0.3, -0.25) is 14.5 Å². The second kappa shape index (κ2) is 7.70. The van der Waals surface area contributed by atoms with Crippen LogP contribution in [0.5, 0.6) is 0 Å². The molecule has 1 aromatic carbocycles. The summed E-state index contributed by atoms with van der Waals surface area (Å²) in [6, 6.07) is 8.33. The minimum Gasteiger partial charge on any atom is -0.369 e. The first-order valence-electron chi connectivity index (χ1n) is 8.88. The molecule has 0 saturated carbocycles. The number of aryl methyl sites for hydroxylation is 1. The monoisotopic (exact) mass is 342 g/mol. The molecule has 0 bridgehead atoms.